The van der Waals surface area contributed by atoms with E-state index in [2.05, 4.69) is 33.3 Å². The lowest BCUT2D eigenvalue weighted by Crippen LogP contribution is -2.13. The zero-order valence-corrected chi connectivity index (χ0v) is 10.8. The van der Waals surface area contributed by atoms with Gasteiger partial charge in [0, 0.05) is 4.90 Å². The third kappa shape index (κ3) is 3.45. The number of ketones is 1. The summed E-state index contributed by atoms with van der Waals surface area (Å²) < 4.78 is 28.5. The minimum absolute atomic E-state index is 0.113. The fourth-order valence-corrected chi connectivity index (χ4v) is 1.56. The molecule has 1 unspecified atom stereocenters. The standard InChI is InChI=1S/C10H9BrF2O2S/c1-5(11)9(14)7-3-2-6(16)4-8(7)15-10(12)13/h2-5,10,16H,1H3. The first-order valence-corrected chi connectivity index (χ1v) is 5.74. The summed E-state index contributed by atoms with van der Waals surface area (Å²) >= 11 is 7.08. The fourth-order valence-electron chi connectivity index (χ4n) is 1.12. The maximum atomic E-state index is 12.1. The fraction of sp³-hybridized carbons (Fsp3) is 0.300. The van der Waals surface area contributed by atoms with Crippen LogP contribution < -0.4 is 4.74 Å². The summed E-state index contributed by atoms with van der Waals surface area (Å²) in [6, 6.07) is 4.25. The molecule has 0 aromatic heterocycles. The van der Waals surface area contributed by atoms with Crippen molar-refractivity contribution in [1.29, 1.82) is 0 Å². The van der Waals surface area contributed by atoms with Gasteiger partial charge in [0.15, 0.2) is 5.78 Å². The van der Waals surface area contributed by atoms with Crippen molar-refractivity contribution in [2.45, 2.75) is 23.3 Å². The molecular formula is C10H9BrF2O2S. The molecule has 16 heavy (non-hydrogen) atoms. The van der Waals surface area contributed by atoms with E-state index >= 15 is 0 Å². The Balaban J connectivity index is 3.12. The monoisotopic (exact) mass is 310 g/mol. The van der Waals surface area contributed by atoms with Gasteiger partial charge in [0.25, 0.3) is 0 Å². The van der Waals surface area contributed by atoms with Gasteiger partial charge in [-0.05, 0) is 25.1 Å². The van der Waals surface area contributed by atoms with E-state index in [1.165, 1.54) is 12.1 Å². The van der Waals surface area contributed by atoms with Crippen LogP contribution in [0, 0.1) is 0 Å². The summed E-state index contributed by atoms with van der Waals surface area (Å²) in [4.78, 5) is 11.7. The van der Waals surface area contributed by atoms with E-state index in [0.29, 0.717) is 4.90 Å². The first-order valence-electron chi connectivity index (χ1n) is 4.38. The van der Waals surface area contributed by atoms with Crippen LogP contribution in [0.1, 0.15) is 17.3 Å². The van der Waals surface area contributed by atoms with Crippen molar-refractivity contribution in [3.05, 3.63) is 23.8 Å². The van der Waals surface area contributed by atoms with Crippen molar-refractivity contribution in [1.82, 2.24) is 0 Å². The van der Waals surface area contributed by atoms with Gasteiger partial charge in [-0.3, -0.25) is 4.79 Å². The maximum absolute atomic E-state index is 12.1. The van der Waals surface area contributed by atoms with Gasteiger partial charge >= 0.3 is 6.61 Å². The third-order valence-electron chi connectivity index (χ3n) is 1.81. The van der Waals surface area contributed by atoms with Crippen molar-refractivity contribution in [2.24, 2.45) is 0 Å². The first kappa shape index (κ1) is 13.4. The number of rotatable bonds is 4. The number of ether oxygens (including phenoxy) is 1. The lowest BCUT2D eigenvalue weighted by Gasteiger charge is -2.11. The average Bonchev–Trinajstić information content (AvgIpc) is 2.15. The SMILES string of the molecule is CC(Br)C(=O)c1ccc(S)cc1OC(F)F. The van der Waals surface area contributed by atoms with Gasteiger partial charge in [-0.15, -0.1) is 12.6 Å². The second-order valence-corrected chi connectivity index (χ2v) is 4.93. The molecule has 1 rings (SSSR count). The highest BCUT2D eigenvalue weighted by Gasteiger charge is 2.19. The number of hydrogen-bond donors (Lipinski definition) is 1. The van der Waals surface area contributed by atoms with Crippen LogP contribution >= 0.6 is 28.6 Å². The Kier molecular flexibility index (Phi) is 4.73. The molecular weight excluding hydrogens is 302 g/mol. The molecule has 0 aliphatic heterocycles. The van der Waals surface area contributed by atoms with E-state index in [0.717, 1.165) is 0 Å². The number of hydrogen-bond acceptors (Lipinski definition) is 3. The van der Waals surface area contributed by atoms with Crippen molar-refractivity contribution < 1.29 is 18.3 Å². The predicted octanol–water partition coefficient (Wildman–Crippen LogP) is 3.54. The summed E-state index contributed by atoms with van der Waals surface area (Å²) in [6.45, 7) is -1.35. The topological polar surface area (TPSA) is 26.3 Å². The van der Waals surface area contributed by atoms with E-state index in [-0.39, 0.29) is 17.1 Å². The molecule has 0 saturated carbocycles. The Hall–Kier alpha value is -0.620. The normalized spacial score (nSPS) is 12.6. The highest BCUT2D eigenvalue weighted by atomic mass is 79.9. The van der Waals surface area contributed by atoms with Crippen LogP contribution in [0.3, 0.4) is 0 Å². The molecule has 0 bridgehead atoms. The molecule has 1 aromatic rings. The number of carbonyl (C=O) groups excluding carboxylic acids is 1. The molecule has 88 valence electrons. The van der Waals surface area contributed by atoms with Crippen LogP contribution in [0.25, 0.3) is 0 Å². The van der Waals surface area contributed by atoms with Crippen molar-refractivity contribution in [3.8, 4) is 5.75 Å². The molecule has 1 aromatic carbocycles. The quantitative estimate of drug-likeness (QED) is 0.523. The summed E-state index contributed by atoms with van der Waals surface area (Å²) in [6.07, 6.45) is 0. The zero-order valence-electron chi connectivity index (χ0n) is 8.28. The van der Waals surface area contributed by atoms with Gasteiger partial charge in [-0.1, -0.05) is 15.9 Å². The van der Waals surface area contributed by atoms with Gasteiger partial charge < -0.3 is 4.74 Å². The van der Waals surface area contributed by atoms with E-state index in [9.17, 15) is 13.6 Å². The number of alkyl halides is 3. The Morgan fingerprint density at radius 2 is 2.12 bits per heavy atom. The van der Waals surface area contributed by atoms with E-state index in [4.69, 9.17) is 0 Å². The molecule has 0 aliphatic carbocycles. The summed E-state index contributed by atoms with van der Waals surface area (Å²) in [5, 5.41) is 0. The molecule has 1 atom stereocenters. The number of halogens is 3. The van der Waals surface area contributed by atoms with E-state index < -0.39 is 11.4 Å². The van der Waals surface area contributed by atoms with Gasteiger partial charge in [0.2, 0.25) is 0 Å². The van der Waals surface area contributed by atoms with Crippen LogP contribution in [0.4, 0.5) is 8.78 Å². The van der Waals surface area contributed by atoms with E-state index in [1.54, 1.807) is 13.0 Å². The lowest BCUT2D eigenvalue weighted by atomic mass is 10.1. The second kappa shape index (κ2) is 5.63. The van der Waals surface area contributed by atoms with Gasteiger partial charge in [0.05, 0.1) is 10.4 Å². The average molecular weight is 311 g/mol. The van der Waals surface area contributed by atoms with Crippen LogP contribution in [0.2, 0.25) is 0 Å². The lowest BCUT2D eigenvalue weighted by molar-refractivity contribution is -0.0502. The van der Waals surface area contributed by atoms with Crippen molar-refractivity contribution in [2.75, 3.05) is 0 Å². The van der Waals surface area contributed by atoms with Gasteiger partial charge in [0.1, 0.15) is 5.75 Å². The minimum atomic E-state index is -2.97. The second-order valence-electron chi connectivity index (χ2n) is 3.04. The molecule has 0 fully saturated rings. The van der Waals surface area contributed by atoms with Crippen LogP contribution in [-0.2, 0) is 0 Å². The van der Waals surface area contributed by atoms with E-state index in [1.807, 2.05) is 0 Å². The molecule has 2 nitrogen and oxygen atoms in total. The van der Waals surface area contributed by atoms with Crippen LogP contribution in [-0.4, -0.2) is 17.2 Å². The molecule has 0 spiro atoms. The summed E-state index contributed by atoms with van der Waals surface area (Å²) in [7, 11) is 0. The minimum Gasteiger partial charge on any atom is -0.434 e. The number of benzene rings is 1. The molecule has 0 N–H and O–H groups in total. The Morgan fingerprint density at radius 3 is 2.62 bits per heavy atom. The predicted molar refractivity (Wildman–Crippen MR) is 63.0 cm³/mol. The van der Waals surface area contributed by atoms with Crippen LogP contribution in [0.15, 0.2) is 23.1 Å². The van der Waals surface area contributed by atoms with Crippen molar-refractivity contribution >= 4 is 34.3 Å². The number of thiol groups is 1. The number of Topliss-reactive ketones (excluding diaryl/α,β-unsaturated/α-hetero) is 1. The molecule has 0 amide bonds. The van der Waals surface area contributed by atoms with Gasteiger partial charge in [-0.2, -0.15) is 8.78 Å². The Bertz CT molecular complexity index is 396. The molecule has 0 aliphatic rings. The Morgan fingerprint density at radius 1 is 1.50 bits per heavy atom. The largest absolute Gasteiger partial charge is 0.434 e. The molecule has 0 radical (unpaired) electrons. The third-order valence-corrected chi connectivity index (χ3v) is 2.50. The summed E-state index contributed by atoms with van der Waals surface area (Å²) in [5.41, 5.74) is 0.113. The molecule has 6 heteroatoms. The Labute approximate surface area is 106 Å². The smallest absolute Gasteiger partial charge is 0.387 e. The first-order chi connectivity index (χ1) is 7.41. The highest BCUT2D eigenvalue weighted by molar-refractivity contribution is 9.10. The van der Waals surface area contributed by atoms with Gasteiger partial charge in [-0.25, -0.2) is 0 Å². The number of carbonyl (C=O) groups is 1. The van der Waals surface area contributed by atoms with Crippen LogP contribution in [0.5, 0.6) is 5.75 Å². The summed E-state index contributed by atoms with van der Waals surface area (Å²) in [5.74, 6) is -0.470. The molecule has 0 saturated heterocycles. The highest BCUT2D eigenvalue weighted by Crippen LogP contribution is 2.26. The zero-order chi connectivity index (χ0) is 12.3. The molecule has 0 heterocycles. The van der Waals surface area contributed by atoms with Crippen molar-refractivity contribution in [3.63, 3.8) is 0 Å². The maximum Gasteiger partial charge on any atom is 0.387 e.